The van der Waals surface area contributed by atoms with Gasteiger partial charge in [0.05, 0.1) is 15.9 Å². The quantitative estimate of drug-likeness (QED) is 0.304. The summed E-state index contributed by atoms with van der Waals surface area (Å²) >= 11 is 2.29. The summed E-state index contributed by atoms with van der Waals surface area (Å²) in [6, 6.07) is 3.41. The number of hydrogen-bond acceptors (Lipinski definition) is 6. The predicted octanol–water partition coefficient (Wildman–Crippen LogP) is 3.55. The van der Waals surface area contributed by atoms with Crippen LogP contribution in [0.4, 0.5) is 21.5 Å². The van der Waals surface area contributed by atoms with E-state index in [1.807, 2.05) is 0 Å². The summed E-state index contributed by atoms with van der Waals surface area (Å²) in [6.07, 6.45) is 1.09. The Morgan fingerprint density at radius 1 is 1.22 bits per heavy atom. The molecule has 10 heteroatoms. The Hall–Kier alpha value is -1.85. The van der Waals surface area contributed by atoms with Crippen LogP contribution >= 0.6 is 22.6 Å². The Bertz CT molecular complexity index is 970. The summed E-state index contributed by atoms with van der Waals surface area (Å²) < 4.78 is 15.9. The Labute approximate surface area is 166 Å². The van der Waals surface area contributed by atoms with E-state index >= 15 is 4.39 Å². The van der Waals surface area contributed by atoms with E-state index in [2.05, 4.69) is 33.1 Å². The zero-order valence-electron chi connectivity index (χ0n) is 13.8. The maximum atomic E-state index is 15.9. The summed E-state index contributed by atoms with van der Waals surface area (Å²) in [5.41, 5.74) is 1.72. The van der Waals surface area contributed by atoms with E-state index in [4.69, 9.17) is 0 Å². The summed E-state index contributed by atoms with van der Waals surface area (Å²) in [5.74, 6) is 1.82. The smallest absolute Gasteiger partial charge is 0.272 e. The van der Waals surface area contributed by atoms with Crippen molar-refractivity contribution in [2.75, 3.05) is 5.43 Å². The van der Waals surface area contributed by atoms with Crippen LogP contribution < -0.4 is 5.43 Å². The van der Waals surface area contributed by atoms with Crippen LogP contribution in [0.1, 0.15) is 6.42 Å². The van der Waals surface area contributed by atoms with Gasteiger partial charge in [-0.05, 0) is 36.2 Å². The van der Waals surface area contributed by atoms with Crippen molar-refractivity contribution >= 4 is 45.4 Å². The molecule has 0 saturated heterocycles. The van der Waals surface area contributed by atoms with Gasteiger partial charge < -0.3 is 0 Å². The van der Waals surface area contributed by atoms with Crippen molar-refractivity contribution in [2.45, 2.75) is 16.0 Å². The van der Waals surface area contributed by atoms with Crippen molar-refractivity contribution in [1.29, 1.82) is 0 Å². The molecule has 140 valence electrons. The van der Waals surface area contributed by atoms with Crippen molar-refractivity contribution in [3.63, 3.8) is 0 Å². The van der Waals surface area contributed by atoms with Crippen LogP contribution in [0.25, 0.3) is 0 Å². The first kappa shape index (κ1) is 16.1. The topological polar surface area (TPSA) is 111 Å². The molecule has 0 spiro atoms. The molecule has 9 unspecified atom stereocenters. The lowest BCUT2D eigenvalue weighted by Crippen LogP contribution is -2.42. The Morgan fingerprint density at radius 2 is 2.00 bits per heavy atom. The van der Waals surface area contributed by atoms with Crippen LogP contribution in [0.2, 0.25) is 0 Å². The van der Waals surface area contributed by atoms with E-state index in [1.54, 1.807) is 0 Å². The van der Waals surface area contributed by atoms with E-state index in [0.717, 1.165) is 18.2 Å². The number of nitro benzene ring substituents is 2. The second-order valence-corrected chi connectivity index (χ2v) is 9.68. The van der Waals surface area contributed by atoms with E-state index in [1.165, 1.54) is 12.1 Å². The van der Waals surface area contributed by atoms with Crippen LogP contribution in [0.3, 0.4) is 0 Å². The highest BCUT2D eigenvalue weighted by Gasteiger charge is 2.89. The van der Waals surface area contributed by atoms with Crippen LogP contribution in [0, 0.1) is 61.7 Å². The number of alkyl halides is 2. The first-order chi connectivity index (χ1) is 12.9. The van der Waals surface area contributed by atoms with Gasteiger partial charge in [0.2, 0.25) is 0 Å². The van der Waals surface area contributed by atoms with Crippen molar-refractivity contribution < 1.29 is 14.2 Å². The third kappa shape index (κ3) is 1.60. The number of benzene rings is 1. The van der Waals surface area contributed by atoms with Gasteiger partial charge in [0.25, 0.3) is 5.69 Å². The van der Waals surface area contributed by atoms with Crippen LogP contribution in [-0.2, 0) is 0 Å². The highest BCUT2D eigenvalue weighted by molar-refractivity contribution is 14.1. The Balaban J connectivity index is 1.37. The number of halogens is 2. The SMILES string of the molecule is O=[N+]([O-])c1ccc(N/N=C2/C3C4CC5C6C4C2C(F)(C6I)C53)c([N+](=O)[O-])c1. The number of hydrazone groups is 1. The van der Waals surface area contributed by atoms with Crippen LogP contribution in [0.15, 0.2) is 23.3 Å². The van der Waals surface area contributed by atoms with Crippen LogP contribution in [-0.4, -0.2) is 25.2 Å². The lowest BCUT2D eigenvalue weighted by molar-refractivity contribution is -0.393. The van der Waals surface area contributed by atoms with Gasteiger partial charge >= 0.3 is 5.69 Å². The molecule has 27 heavy (non-hydrogen) atoms. The Kier molecular flexibility index (Phi) is 2.84. The molecular formula is C17H14FIN4O4. The molecule has 1 aromatic rings. The fourth-order valence-corrected chi connectivity index (χ4v) is 9.14. The van der Waals surface area contributed by atoms with Crippen LogP contribution in [0.5, 0.6) is 0 Å². The van der Waals surface area contributed by atoms with E-state index in [9.17, 15) is 20.2 Å². The fraction of sp³-hybridized carbons (Fsp3) is 0.588. The number of hydrogen-bond donors (Lipinski definition) is 1. The van der Waals surface area contributed by atoms with Crippen molar-refractivity contribution in [2.24, 2.45) is 46.5 Å². The van der Waals surface area contributed by atoms with E-state index < -0.39 is 21.2 Å². The number of nitrogens with zero attached hydrogens (tertiary/aromatic N) is 3. The molecule has 0 amide bonds. The molecule has 9 atom stereocenters. The number of nitro groups is 2. The zero-order chi connectivity index (χ0) is 18.8. The molecule has 6 saturated carbocycles. The normalized spacial score (nSPS) is 48.3. The van der Waals surface area contributed by atoms with Gasteiger partial charge in [-0.2, -0.15) is 5.10 Å². The third-order valence-corrected chi connectivity index (χ3v) is 9.56. The zero-order valence-corrected chi connectivity index (χ0v) is 15.9. The van der Waals surface area contributed by atoms with Crippen molar-refractivity contribution in [3.8, 4) is 0 Å². The van der Waals surface area contributed by atoms with Gasteiger partial charge in [0.1, 0.15) is 11.4 Å². The minimum Gasteiger partial charge on any atom is -0.272 e. The molecule has 0 aliphatic heterocycles. The number of non-ortho nitro benzene ring substituents is 1. The summed E-state index contributed by atoms with van der Waals surface area (Å²) in [6.45, 7) is 0. The molecule has 6 aliphatic carbocycles. The molecule has 6 bridgehead atoms. The first-order valence-electron chi connectivity index (χ1n) is 8.95. The van der Waals surface area contributed by atoms with Crippen molar-refractivity contribution in [1.82, 2.24) is 0 Å². The van der Waals surface area contributed by atoms with Gasteiger partial charge in [-0.3, -0.25) is 25.7 Å². The minimum atomic E-state index is -1.18. The first-order valence-corrected chi connectivity index (χ1v) is 10.2. The monoisotopic (exact) mass is 484 g/mol. The summed E-state index contributed by atoms with van der Waals surface area (Å²) in [7, 11) is 0. The van der Waals surface area contributed by atoms with E-state index in [0.29, 0.717) is 23.7 Å². The predicted molar refractivity (Wildman–Crippen MR) is 102 cm³/mol. The standard InChI is InChI=1S/C17H14FIN4O4/c18-17-13-7-4-6-10(11(7)16(17)19)14(17)15(12(6)13)21-20-8-2-1-5(22(24)25)3-9(8)23(26)27/h1-3,6-7,10-14,16,20H,4H2/b21-15-. The van der Waals surface area contributed by atoms with Gasteiger partial charge in [-0.15, -0.1) is 0 Å². The summed E-state index contributed by atoms with van der Waals surface area (Å²) in [4.78, 5) is 20.8. The highest BCUT2D eigenvalue weighted by Crippen LogP contribution is 2.85. The van der Waals surface area contributed by atoms with E-state index in [-0.39, 0.29) is 33.1 Å². The maximum Gasteiger partial charge on any atom is 0.301 e. The second-order valence-electron chi connectivity index (χ2n) is 8.34. The molecule has 0 heterocycles. The average Bonchev–Trinajstić information content (AvgIpc) is 3.35. The molecular weight excluding hydrogens is 470 g/mol. The summed E-state index contributed by atoms with van der Waals surface area (Å²) in [5, 5.41) is 26.6. The molecule has 1 N–H and O–H groups in total. The lowest BCUT2D eigenvalue weighted by atomic mass is 9.70. The fourth-order valence-electron chi connectivity index (χ4n) is 7.32. The Morgan fingerprint density at radius 3 is 2.67 bits per heavy atom. The minimum absolute atomic E-state index is 0.0384. The lowest BCUT2D eigenvalue weighted by Gasteiger charge is -2.36. The molecule has 6 aliphatic rings. The molecule has 0 aromatic heterocycles. The van der Waals surface area contributed by atoms with Gasteiger partial charge in [0, 0.05) is 33.5 Å². The molecule has 8 nitrogen and oxygen atoms in total. The van der Waals surface area contributed by atoms with Crippen molar-refractivity contribution in [3.05, 3.63) is 38.4 Å². The third-order valence-electron chi connectivity index (χ3n) is 7.77. The van der Waals surface area contributed by atoms with Gasteiger partial charge in [-0.25, -0.2) is 4.39 Å². The van der Waals surface area contributed by atoms with Gasteiger partial charge in [-0.1, -0.05) is 22.6 Å². The molecule has 1 aromatic carbocycles. The number of anilines is 1. The second kappa shape index (κ2) is 4.76. The molecule has 6 fully saturated rings. The highest BCUT2D eigenvalue weighted by atomic mass is 127. The number of rotatable bonds is 4. The number of nitrogens with one attached hydrogen (secondary N) is 1. The maximum absolute atomic E-state index is 15.9. The largest absolute Gasteiger partial charge is 0.301 e. The van der Waals surface area contributed by atoms with Gasteiger partial charge in [0.15, 0.2) is 0 Å². The molecule has 7 rings (SSSR count). The average molecular weight is 484 g/mol. The molecule has 0 radical (unpaired) electrons.